The van der Waals surface area contributed by atoms with E-state index in [4.69, 9.17) is 5.11 Å². The number of carbonyl (C=O) groups is 2. The number of nitro benzene ring substituents is 1. The van der Waals surface area contributed by atoms with Crippen LogP contribution in [0.25, 0.3) is 0 Å². The summed E-state index contributed by atoms with van der Waals surface area (Å²) >= 11 is 0. The van der Waals surface area contributed by atoms with Gasteiger partial charge in [0, 0.05) is 30.8 Å². The van der Waals surface area contributed by atoms with E-state index >= 15 is 0 Å². The first kappa shape index (κ1) is 17.7. The molecule has 0 bridgehead atoms. The third-order valence-electron chi connectivity index (χ3n) is 4.17. The van der Waals surface area contributed by atoms with Gasteiger partial charge in [0.05, 0.1) is 4.92 Å². The number of non-ortho nitro benzene ring substituents is 1. The van der Waals surface area contributed by atoms with Crippen molar-refractivity contribution < 1.29 is 32.8 Å². The third-order valence-corrected chi connectivity index (χ3v) is 4.17. The van der Waals surface area contributed by atoms with Gasteiger partial charge in [-0.15, -0.1) is 0 Å². The largest absolute Gasteiger partial charge is 0.481 e. The molecule has 0 saturated carbocycles. The average molecular weight is 346 g/mol. The lowest BCUT2D eigenvalue weighted by Gasteiger charge is -2.27. The number of benzene rings is 1. The number of nitro groups is 1. The van der Waals surface area contributed by atoms with E-state index in [2.05, 4.69) is 0 Å². The van der Waals surface area contributed by atoms with Crippen molar-refractivity contribution in [2.24, 2.45) is 5.41 Å². The molecule has 0 spiro atoms. The molecular weight excluding hydrogens is 333 g/mol. The number of carboxylic acids is 1. The first-order valence-electron chi connectivity index (χ1n) is 6.84. The first-order valence-corrected chi connectivity index (χ1v) is 6.84. The summed E-state index contributed by atoms with van der Waals surface area (Å²) in [5, 5.41) is 19.8. The Morgan fingerprint density at radius 2 is 2.00 bits per heavy atom. The molecule has 1 N–H and O–H groups in total. The highest BCUT2D eigenvalue weighted by Gasteiger charge is 2.64. The van der Waals surface area contributed by atoms with Crippen molar-refractivity contribution in [1.29, 1.82) is 0 Å². The molecule has 1 aliphatic rings. The molecule has 1 amide bonds. The predicted molar refractivity (Wildman–Crippen MR) is 74.5 cm³/mol. The van der Waals surface area contributed by atoms with Gasteiger partial charge >= 0.3 is 12.1 Å². The fourth-order valence-electron chi connectivity index (χ4n) is 2.63. The van der Waals surface area contributed by atoms with Crippen molar-refractivity contribution in [2.45, 2.75) is 19.5 Å². The number of hydrogen-bond donors (Lipinski definition) is 1. The number of aryl methyl sites for hydroxylation is 1. The van der Waals surface area contributed by atoms with E-state index in [0.29, 0.717) is 5.56 Å². The number of nitrogens with zero attached hydrogens (tertiary/aromatic N) is 2. The second kappa shape index (κ2) is 5.77. The Labute approximate surface area is 133 Å². The van der Waals surface area contributed by atoms with Crippen LogP contribution in [0.3, 0.4) is 0 Å². The maximum atomic E-state index is 13.1. The van der Waals surface area contributed by atoms with E-state index in [1.807, 2.05) is 0 Å². The number of aliphatic carboxylic acids is 1. The molecule has 10 heteroatoms. The van der Waals surface area contributed by atoms with Crippen LogP contribution in [0.5, 0.6) is 0 Å². The molecule has 1 saturated heterocycles. The molecule has 1 fully saturated rings. The van der Waals surface area contributed by atoms with Crippen LogP contribution in [0.4, 0.5) is 18.9 Å². The fourth-order valence-corrected chi connectivity index (χ4v) is 2.63. The van der Waals surface area contributed by atoms with Crippen molar-refractivity contribution >= 4 is 17.6 Å². The van der Waals surface area contributed by atoms with E-state index in [1.165, 1.54) is 19.1 Å². The topological polar surface area (TPSA) is 101 Å². The number of rotatable bonds is 3. The SMILES string of the molecule is Cc1ccc([N+](=O)[O-])cc1C(=O)N1CCC(C(=O)O)(C(F)(F)F)C1. The van der Waals surface area contributed by atoms with Crippen LogP contribution in [-0.2, 0) is 4.79 Å². The second-order valence-electron chi connectivity index (χ2n) is 5.62. The number of hydrogen-bond acceptors (Lipinski definition) is 4. The number of halogens is 3. The molecule has 1 heterocycles. The first-order chi connectivity index (χ1) is 11.0. The number of likely N-dealkylation sites (tertiary alicyclic amines) is 1. The third kappa shape index (κ3) is 2.79. The lowest BCUT2D eigenvalue weighted by atomic mass is 9.86. The Morgan fingerprint density at radius 1 is 1.38 bits per heavy atom. The summed E-state index contributed by atoms with van der Waals surface area (Å²) < 4.78 is 39.4. The lowest BCUT2D eigenvalue weighted by Crippen LogP contribution is -2.47. The minimum Gasteiger partial charge on any atom is -0.481 e. The maximum Gasteiger partial charge on any atom is 0.406 e. The highest BCUT2D eigenvalue weighted by atomic mass is 19.4. The van der Waals surface area contributed by atoms with Crippen LogP contribution in [0.15, 0.2) is 18.2 Å². The molecule has 1 unspecified atom stereocenters. The maximum absolute atomic E-state index is 13.1. The second-order valence-corrected chi connectivity index (χ2v) is 5.62. The van der Waals surface area contributed by atoms with Gasteiger partial charge in [-0.2, -0.15) is 13.2 Å². The molecule has 0 aromatic heterocycles. The average Bonchev–Trinajstić information content (AvgIpc) is 2.93. The van der Waals surface area contributed by atoms with Crippen molar-refractivity contribution in [1.82, 2.24) is 4.90 Å². The van der Waals surface area contributed by atoms with Gasteiger partial charge < -0.3 is 10.0 Å². The molecule has 24 heavy (non-hydrogen) atoms. The summed E-state index contributed by atoms with van der Waals surface area (Å²) in [7, 11) is 0. The van der Waals surface area contributed by atoms with E-state index in [-0.39, 0.29) is 11.3 Å². The Morgan fingerprint density at radius 3 is 2.46 bits per heavy atom. The van der Waals surface area contributed by atoms with Gasteiger partial charge in [-0.25, -0.2) is 0 Å². The lowest BCUT2D eigenvalue weighted by molar-refractivity contribution is -0.384. The molecule has 1 aromatic carbocycles. The molecule has 7 nitrogen and oxygen atoms in total. The summed E-state index contributed by atoms with van der Waals surface area (Å²) in [5.74, 6) is -2.90. The van der Waals surface area contributed by atoms with Gasteiger partial charge in [-0.3, -0.25) is 19.7 Å². The van der Waals surface area contributed by atoms with Crippen LogP contribution in [0, 0.1) is 22.5 Å². The summed E-state index contributed by atoms with van der Waals surface area (Å²) in [6.45, 7) is 0.0702. The minimum atomic E-state index is -5.01. The molecular formula is C14H13F3N2O5. The number of alkyl halides is 3. The van der Waals surface area contributed by atoms with Crippen molar-refractivity contribution in [3.8, 4) is 0 Å². The van der Waals surface area contributed by atoms with Gasteiger partial charge in [0.1, 0.15) is 0 Å². The van der Waals surface area contributed by atoms with E-state index < -0.39 is 47.9 Å². The molecule has 0 aliphatic carbocycles. The Balaban J connectivity index is 2.35. The Hall–Kier alpha value is -2.65. The standard InChI is InChI=1S/C14H13F3N2O5/c1-8-2-3-9(19(23)24)6-10(8)11(20)18-5-4-13(7-18,12(21)22)14(15,16)17/h2-3,6H,4-5,7H2,1H3,(H,21,22). The minimum absolute atomic E-state index is 0.118. The number of amides is 1. The summed E-state index contributed by atoms with van der Waals surface area (Å²) in [5.41, 5.74) is -3.15. The predicted octanol–water partition coefficient (Wildman–Crippen LogP) is 2.38. The van der Waals surface area contributed by atoms with Crippen molar-refractivity contribution in [3.63, 3.8) is 0 Å². The van der Waals surface area contributed by atoms with E-state index in [1.54, 1.807) is 0 Å². The molecule has 130 valence electrons. The van der Waals surface area contributed by atoms with Crippen molar-refractivity contribution in [2.75, 3.05) is 13.1 Å². The number of carbonyl (C=O) groups excluding carboxylic acids is 1. The highest BCUT2D eigenvalue weighted by Crippen LogP contribution is 2.46. The Bertz CT molecular complexity index is 719. The van der Waals surface area contributed by atoms with Crippen LogP contribution in [0.2, 0.25) is 0 Å². The van der Waals surface area contributed by atoms with Gasteiger partial charge in [-0.1, -0.05) is 6.07 Å². The highest BCUT2D eigenvalue weighted by molar-refractivity contribution is 5.97. The summed E-state index contributed by atoms with van der Waals surface area (Å²) in [6, 6.07) is 3.47. The van der Waals surface area contributed by atoms with Gasteiger partial charge in [0.25, 0.3) is 11.6 Å². The van der Waals surface area contributed by atoms with Crippen LogP contribution >= 0.6 is 0 Å². The van der Waals surface area contributed by atoms with Gasteiger partial charge in [0.15, 0.2) is 5.41 Å². The monoisotopic (exact) mass is 346 g/mol. The normalized spacial score (nSPS) is 20.9. The van der Waals surface area contributed by atoms with Crippen LogP contribution in [-0.4, -0.2) is 46.1 Å². The van der Waals surface area contributed by atoms with Crippen LogP contribution < -0.4 is 0 Å². The van der Waals surface area contributed by atoms with E-state index in [0.717, 1.165) is 11.0 Å². The van der Waals surface area contributed by atoms with Crippen LogP contribution in [0.1, 0.15) is 22.3 Å². The number of carboxylic acid groups (broad SMARTS) is 1. The molecule has 1 atom stereocenters. The molecule has 0 radical (unpaired) electrons. The van der Waals surface area contributed by atoms with E-state index in [9.17, 15) is 32.9 Å². The van der Waals surface area contributed by atoms with Crippen molar-refractivity contribution in [3.05, 3.63) is 39.4 Å². The molecule has 2 rings (SSSR count). The van der Waals surface area contributed by atoms with Gasteiger partial charge in [0.2, 0.25) is 0 Å². The summed E-state index contributed by atoms with van der Waals surface area (Å²) in [6.07, 6.45) is -5.77. The zero-order valence-electron chi connectivity index (χ0n) is 12.5. The quantitative estimate of drug-likeness (QED) is 0.669. The fraction of sp³-hybridized carbons (Fsp3) is 0.429. The zero-order valence-corrected chi connectivity index (χ0v) is 12.5. The molecule has 1 aliphatic heterocycles. The van der Waals surface area contributed by atoms with Gasteiger partial charge in [-0.05, 0) is 18.9 Å². The molecule has 1 aromatic rings. The zero-order chi connectivity index (χ0) is 18.3. The Kier molecular flexibility index (Phi) is 4.25. The summed E-state index contributed by atoms with van der Waals surface area (Å²) in [4.78, 5) is 34.4. The smallest absolute Gasteiger partial charge is 0.406 e.